The van der Waals surface area contributed by atoms with Crippen LogP contribution in [-0.2, 0) is 13.0 Å². The number of H-pyrrole nitrogens is 1. The third-order valence-corrected chi connectivity index (χ3v) is 4.46. The predicted octanol–water partition coefficient (Wildman–Crippen LogP) is 3.54. The third kappa shape index (κ3) is 3.36. The lowest BCUT2D eigenvalue weighted by molar-refractivity contribution is 1.01. The van der Waals surface area contributed by atoms with Crippen LogP contribution >= 0.6 is 11.3 Å². The van der Waals surface area contributed by atoms with Gasteiger partial charge in [-0.3, -0.25) is 4.79 Å². The molecule has 0 amide bonds. The molecule has 0 aliphatic carbocycles. The molecule has 0 aliphatic rings. The summed E-state index contributed by atoms with van der Waals surface area (Å²) >= 11 is 1.50. The molecule has 0 fully saturated rings. The van der Waals surface area contributed by atoms with Crippen LogP contribution in [0, 0.1) is 11.3 Å². The molecule has 120 valence electrons. The summed E-state index contributed by atoms with van der Waals surface area (Å²) in [5, 5.41) is 15.1. The van der Waals surface area contributed by atoms with Crippen molar-refractivity contribution in [3.05, 3.63) is 69.0 Å². The highest BCUT2D eigenvalue weighted by atomic mass is 32.1. The van der Waals surface area contributed by atoms with Crippen LogP contribution in [0.3, 0.4) is 0 Å². The normalized spacial score (nSPS) is 10.3. The molecule has 3 rings (SSSR count). The minimum Gasteiger partial charge on any atom is -0.357 e. The summed E-state index contributed by atoms with van der Waals surface area (Å²) in [5.74, 6) is 0. The van der Waals surface area contributed by atoms with Crippen molar-refractivity contribution in [1.82, 2.24) is 9.97 Å². The predicted molar refractivity (Wildman–Crippen MR) is 96.0 cm³/mol. The van der Waals surface area contributed by atoms with Crippen molar-refractivity contribution in [3.8, 4) is 17.3 Å². The van der Waals surface area contributed by atoms with E-state index in [0.29, 0.717) is 13.0 Å². The van der Waals surface area contributed by atoms with Crippen molar-refractivity contribution in [2.75, 3.05) is 5.32 Å². The molecule has 1 aromatic carbocycles. The Hall–Kier alpha value is -2.91. The molecule has 24 heavy (non-hydrogen) atoms. The van der Waals surface area contributed by atoms with E-state index in [9.17, 15) is 4.79 Å². The molecule has 6 heteroatoms. The van der Waals surface area contributed by atoms with E-state index in [1.807, 2.05) is 36.6 Å². The summed E-state index contributed by atoms with van der Waals surface area (Å²) in [6.45, 7) is 2.66. The first-order chi connectivity index (χ1) is 11.7. The van der Waals surface area contributed by atoms with Gasteiger partial charge >= 0.3 is 0 Å². The highest BCUT2D eigenvalue weighted by Crippen LogP contribution is 2.27. The Balaban J connectivity index is 1.85. The number of rotatable bonds is 5. The maximum Gasteiger partial charge on any atom is 0.266 e. The number of anilines is 1. The second-order valence-electron chi connectivity index (χ2n) is 5.25. The number of aromatic nitrogens is 2. The summed E-state index contributed by atoms with van der Waals surface area (Å²) < 4.78 is 0. The van der Waals surface area contributed by atoms with Gasteiger partial charge in [-0.15, -0.1) is 11.3 Å². The Bertz CT molecular complexity index is 938. The van der Waals surface area contributed by atoms with Gasteiger partial charge in [-0.05, 0) is 18.1 Å². The maximum atomic E-state index is 11.8. The molecule has 3 aromatic rings. The second kappa shape index (κ2) is 7.11. The van der Waals surface area contributed by atoms with Crippen LogP contribution in [0.1, 0.15) is 23.7 Å². The van der Waals surface area contributed by atoms with Crippen molar-refractivity contribution in [3.63, 3.8) is 0 Å². The number of thiazole rings is 1. The number of benzene rings is 1. The maximum absolute atomic E-state index is 11.8. The van der Waals surface area contributed by atoms with Gasteiger partial charge in [0.1, 0.15) is 11.6 Å². The lowest BCUT2D eigenvalue weighted by Gasteiger charge is -2.05. The van der Waals surface area contributed by atoms with E-state index >= 15 is 0 Å². The molecule has 0 radical (unpaired) electrons. The van der Waals surface area contributed by atoms with Crippen LogP contribution in [0.15, 0.2) is 46.6 Å². The first-order valence-electron chi connectivity index (χ1n) is 7.61. The van der Waals surface area contributed by atoms with Crippen LogP contribution in [-0.4, -0.2) is 9.97 Å². The number of nitriles is 1. The monoisotopic (exact) mass is 336 g/mol. The SMILES string of the molecule is CCc1[nH]c(=O)c(C#N)cc1-c1csc(NCc2ccccc2)n1. The second-order valence-corrected chi connectivity index (χ2v) is 6.10. The number of nitrogens with one attached hydrogen (secondary N) is 2. The van der Waals surface area contributed by atoms with Crippen molar-refractivity contribution in [2.45, 2.75) is 19.9 Å². The van der Waals surface area contributed by atoms with Crippen molar-refractivity contribution >= 4 is 16.5 Å². The van der Waals surface area contributed by atoms with Gasteiger partial charge in [0.25, 0.3) is 5.56 Å². The van der Waals surface area contributed by atoms with Gasteiger partial charge < -0.3 is 10.3 Å². The van der Waals surface area contributed by atoms with Gasteiger partial charge in [-0.25, -0.2) is 4.98 Å². The number of pyridine rings is 1. The van der Waals surface area contributed by atoms with Crippen LogP contribution in [0.2, 0.25) is 0 Å². The zero-order valence-electron chi connectivity index (χ0n) is 13.2. The van der Waals surface area contributed by atoms with E-state index in [4.69, 9.17) is 5.26 Å². The molecule has 0 atom stereocenters. The molecule has 5 nitrogen and oxygen atoms in total. The summed E-state index contributed by atoms with van der Waals surface area (Å²) in [4.78, 5) is 19.1. The molecule has 0 bridgehead atoms. The number of aromatic amines is 1. The largest absolute Gasteiger partial charge is 0.357 e. The Morgan fingerprint density at radius 1 is 1.33 bits per heavy atom. The molecular weight excluding hydrogens is 320 g/mol. The molecule has 0 unspecified atom stereocenters. The number of aryl methyl sites for hydroxylation is 1. The topological polar surface area (TPSA) is 81.6 Å². The molecule has 0 saturated carbocycles. The molecule has 0 saturated heterocycles. The zero-order chi connectivity index (χ0) is 16.9. The lowest BCUT2D eigenvalue weighted by atomic mass is 10.1. The fraction of sp³-hybridized carbons (Fsp3) is 0.167. The van der Waals surface area contributed by atoms with Crippen LogP contribution in [0.5, 0.6) is 0 Å². The Morgan fingerprint density at radius 2 is 2.12 bits per heavy atom. The summed E-state index contributed by atoms with van der Waals surface area (Å²) in [7, 11) is 0. The van der Waals surface area contributed by atoms with Gasteiger partial charge in [-0.2, -0.15) is 5.26 Å². The summed E-state index contributed by atoms with van der Waals surface area (Å²) in [6.07, 6.45) is 0.667. The van der Waals surface area contributed by atoms with Gasteiger partial charge in [0, 0.05) is 23.2 Å². The van der Waals surface area contributed by atoms with E-state index in [1.165, 1.54) is 16.9 Å². The van der Waals surface area contributed by atoms with E-state index in [1.54, 1.807) is 6.07 Å². The van der Waals surface area contributed by atoms with Crippen LogP contribution in [0.4, 0.5) is 5.13 Å². The first kappa shape index (κ1) is 16.0. The van der Waals surface area contributed by atoms with Gasteiger partial charge in [0.15, 0.2) is 5.13 Å². The number of nitrogens with zero attached hydrogens (tertiary/aromatic N) is 2. The standard InChI is InChI=1S/C18H16N4OS/c1-2-15-14(8-13(9-19)17(23)21-15)16-11-24-18(22-16)20-10-12-6-4-3-5-7-12/h3-8,11H,2,10H2,1H3,(H,20,22)(H,21,23). The lowest BCUT2D eigenvalue weighted by Crippen LogP contribution is -2.13. The fourth-order valence-corrected chi connectivity index (χ4v) is 3.12. The van der Waals surface area contributed by atoms with E-state index in [2.05, 4.69) is 27.4 Å². The van der Waals surface area contributed by atoms with Crippen molar-refractivity contribution in [1.29, 1.82) is 5.26 Å². The molecule has 0 aliphatic heterocycles. The Kier molecular flexibility index (Phi) is 4.73. The molecule has 2 N–H and O–H groups in total. The van der Waals surface area contributed by atoms with E-state index < -0.39 is 0 Å². The average molecular weight is 336 g/mol. The van der Waals surface area contributed by atoms with Gasteiger partial charge in [0.05, 0.1) is 5.69 Å². The summed E-state index contributed by atoms with van der Waals surface area (Å²) in [6, 6.07) is 13.6. The quantitative estimate of drug-likeness (QED) is 0.746. The molecule has 0 spiro atoms. The van der Waals surface area contributed by atoms with Gasteiger partial charge in [-0.1, -0.05) is 37.3 Å². The number of hydrogen-bond donors (Lipinski definition) is 2. The van der Waals surface area contributed by atoms with Crippen molar-refractivity contribution in [2.24, 2.45) is 0 Å². The fourth-order valence-electron chi connectivity index (χ4n) is 2.41. The first-order valence-corrected chi connectivity index (χ1v) is 8.49. The molecule has 2 heterocycles. The highest BCUT2D eigenvalue weighted by Gasteiger charge is 2.12. The minimum atomic E-state index is -0.351. The van der Waals surface area contributed by atoms with E-state index in [-0.39, 0.29) is 11.1 Å². The van der Waals surface area contributed by atoms with Crippen LogP contribution in [0.25, 0.3) is 11.3 Å². The average Bonchev–Trinajstić information content (AvgIpc) is 3.09. The molecule has 2 aromatic heterocycles. The third-order valence-electron chi connectivity index (χ3n) is 3.66. The van der Waals surface area contributed by atoms with Crippen molar-refractivity contribution < 1.29 is 0 Å². The van der Waals surface area contributed by atoms with Crippen LogP contribution < -0.4 is 10.9 Å². The smallest absolute Gasteiger partial charge is 0.266 e. The summed E-state index contributed by atoms with van der Waals surface area (Å²) in [5.41, 5.74) is 3.29. The number of hydrogen-bond acceptors (Lipinski definition) is 5. The Labute approximate surface area is 143 Å². The zero-order valence-corrected chi connectivity index (χ0v) is 14.0. The molecular formula is C18H16N4OS. The van der Waals surface area contributed by atoms with Gasteiger partial charge in [0.2, 0.25) is 0 Å². The Morgan fingerprint density at radius 3 is 2.83 bits per heavy atom. The highest BCUT2D eigenvalue weighted by molar-refractivity contribution is 7.14. The van der Waals surface area contributed by atoms with E-state index in [0.717, 1.165) is 22.1 Å². The minimum absolute atomic E-state index is 0.106.